The molecule has 2 atom stereocenters. The van der Waals surface area contributed by atoms with E-state index in [0.29, 0.717) is 23.6 Å². The van der Waals surface area contributed by atoms with Crippen molar-refractivity contribution in [1.82, 2.24) is 4.98 Å². The lowest BCUT2D eigenvalue weighted by Crippen LogP contribution is -2.35. The van der Waals surface area contributed by atoms with Crippen LogP contribution in [-0.4, -0.2) is 22.5 Å². The molecule has 1 aliphatic carbocycles. The minimum atomic E-state index is -0.362. The Hall–Kier alpha value is -1.89. The van der Waals surface area contributed by atoms with Crippen molar-refractivity contribution in [3.8, 4) is 0 Å². The first-order valence-corrected chi connectivity index (χ1v) is 7.09. The maximum Gasteiger partial charge on any atom is 0.311 e. The van der Waals surface area contributed by atoms with Crippen molar-refractivity contribution in [3.63, 3.8) is 0 Å². The predicted molar refractivity (Wildman–Crippen MR) is 76.4 cm³/mol. The average molecular weight is 277 g/mol. The fourth-order valence-corrected chi connectivity index (χ4v) is 3.54. The molecular weight excluding hydrogens is 258 g/mol. The molecule has 1 aromatic heterocycles. The number of anilines is 2. The quantitative estimate of drug-likeness (QED) is 0.498. The van der Waals surface area contributed by atoms with E-state index in [1.165, 1.54) is 31.4 Å². The van der Waals surface area contributed by atoms with E-state index >= 15 is 0 Å². The third-order valence-corrected chi connectivity index (χ3v) is 4.48. The van der Waals surface area contributed by atoms with Gasteiger partial charge >= 0.3 is 5.69 Å². The van der Waals surface area contributed by atoms with Crippen LogP contribution in [-0.2, 0) is 0 Å². The van der Waals surface area contributed by atoms with Gasteiger partial charge in [-0.3, -0.25) is 10.1 Å². The lowest BCUT2D eigenvalue weighted by Gasteiger charge is -2.32. The predicted octanol–water partition coefficient (Wildman–Crippen LogP) is 2.04. The van der Waals surface area contributed by atoms with Gasteiger partial charge in [0.15, 0.2) is 0 Å². The lowest BCUT2D eigenvalue weighted by atomic mass is 9.85. The first-order chi connectivity index (χ1) is 9.70. The molecule has 1 saturated carbocycles. The van der Waals surface area contributed by atoms with Gasteiger partial charge < -0.3 is 10.3 Å². The summed E-state index contributed by atoms with van der Waals surface area (Å²) in [5.74, 6) is 6.95. The van der Waals surface area contributed by atoms with Crippen molar-refractivity contribution in [3.05, 3.63) is 22.2 Å². The fraction of sp³-hybridized carbons (Fsp3) is 0.615. The summed E-state index contributed by atoms with van der Waals surface area (Å²) in [4.78, 5) is 17.3. The molecule has 0 aromatic carbocycles. The summed E-state index contributed by atoms with van der Waals surface area (Å²) >= 11 is 0. The molecular formula is C13H19N5O2. The van der Waals surface area contributed by atoms with Crippen molar-refractivity contribution in [1.29, 1.82) is 0 Å². The standard InChI is InChI=1S/C13H19N5O2/c14-16-12-6-5-11(18(19)20)13(15-12)17-8-7-9-3-1-2-4-10(9)17/h5-6,9-10H,1-4,7-8,14H2,(H,15,16). The van der Waals surface area contributed by atoms with E-state index in [9.17, 15) is 10.1 Å². The van der Waals surface area contributed by atoms with E-state index in [0.717, 1.165) is 19.4 Å². The fourth-order valence-electron chi connectivity index (χ4n) is 3.54. The summed E-state index contributed by atoms with van der Waals surface area (Å²) in [5.41, 5.74) is 2.53. The van der Waals surface area contributed by atoms with Gasteiger partial charge in [0, 0.05) is 18.7 Å². The number of rotatable bonds is 3. The zero-order chi connectivity index (χ0) is 14.1. The van der Waals surface area contributed by atoms with Crippen LogP contribution in [0.2, 0.25) is 0 Å². The molecule has 1 saturated heterocycles. The van der Waals surface area contributed by atoms with E-state index in [2.05, 4.69) is 15.3 Å². The van der Waals surface area contributed by atoms with Gasteiger partial charge in [-0.15, -0.1) is 0 Å². The van der Waals surface area contributed by atoms with Gasteiger partial charge in [0.1, 0.15) is 5.82 Å². The topological polar surface area (TPSA) is 97.3 Å². The summed E-state index contributed by atoms with van der Waals surface area (Å²) in [6, 6.07) is 3.41. The molecule has 2 unspecified atom stereocenters. The number of hydrazine groups is 1. The number of fused-ring (bicyclic) bond motifs is 1. The molecule has 7 nitrogen and oxygen atoms in total. The molecule has 20 heavy (non-hydrogen) atoms. The summed E-state index contributed by atoms with van der Waals surface area (Å²) < 4.78 is 0. The van der Waals surface area contributed by atoms with Crippen LogP contribution in [0.15, 0.2) is 12.1 Å². The molecule has 3 rings (SSSR count). The summed E-state index contributed by atoms with van der Waals surface area (Å²) in [5, 5.41) is 11.2. The van der Waals surface area contributed by atoms with E-state index in [1.54, 1.807) is 0 Å². The number of nitrogen functional groups attached to an aromatic ring is 1. The molecule has 0 radical (unpaired) electrons. The molecule has 3 N–H and O–H groups in total. The highest BCUT2D eigenvalue weighted by atomic mass is 16.6. The van der Waals surface area contributed by atoms with Gasteiger partial charge in [-0.25, -0.2) is 10.8 Å². The molecule has 7 heteroatoms. The number of hydrogen-bond donors (Lipinski definition) is 2. The number of pyridine rings is 1. The maximum absolute atomic E-state index is 11.2. The number of nitrogens with two attached hydrogens (primary N) is 1. The molecule has 2 aliphatic rings. The highest BCUT2D eigenvalue weighted by molar-refractivity contribution is 5.62. The van der Waals surface area contributed by atoms with E-state index in [4.69, 9.17) is 5.84 Å². The van der Waals surface area contributed by atoms with Crippen LogP contribution >= 0.6 is 0 Å². The van der Waals surface area contributed by atoms with Crippen molar-refractivity contribution in [2.75, 3.05) is 16.9 Å². The SMILES string of the molecule is NNc1ccc([N+](=O)[O-])c(N2CCC3CCCCC32)n1. The van der Waals surface area contributed by atoms with Gasteiger partial charge in [0.2, 0.25) is 5.82 Å². The number of nitrogens with zero attached hydrogens (tertiary/aromatic N) is 3. The molecule has 1 aliphatic heterocycles. The average Bonchev–Trinajstić information content (AvgIpc) is 2.90. The van der Waals surface area contributed by atoms with Crippen LogP contribution in [0, 0.1) is 16.0 Å². The van der Waals surface area contributed by atoms with Gasteiger partial charge in [-0.1, -0.05) is 12.8 Å². The zero-order valence-electron chi connectivity index (χ0n) is 11.3. The minimum absolute atomic E-state index is 0.0650. The van der Waals surface area contributed by atoms with Crippen LogP contribution in [0.5, 0.6) is 0 Å². The van der Waals surface area contributed by atoms with Crippen LogP contribution in [0.4, 0.5) is 17.3 Å². The van der Waals surface area contributed by atoms with Crippen molar-refractivity contribution < 1.29 is 4.92 Å². The van der Waals surface area contributed by atoms with E-state index < -0.39 is 0 Å². The smallest absolute Gasteiger partial charge is 0.311 e. The molecule has 0 amide bonds. The number of hydrogen-bond acceptors (Lipinski definition) is 6. The highest BCUT2D eigenvalue weighted by Crippen LogP contribution is 2.41. The van der Waals surface area contributed by atoms with Crippen molar-refractivity contribution >= 4 is 17.3 Å². The Morgan fingerprint density at radius 2 is 2.15 bits per heavy atom. The van der Waals surface area contributed by atoms with Gasteiger partial charge in [-0.2, -0.15) is 0 Å². The Balaban J connectivity index is 1.97. The second-order valence-corrected chi connectivity index (χ2v) is 5.53. The van der Waals surface area contributed by atoms with Gasteiger partial charge in [0.05, 0.1) is 4.92 Å². The Labute approximate surface area is 117 Å². The monoisotopic (exact) mass is 277 g/mol. The molecule has 1 aromatic rings. The second kappa shape index (κ2) is 5.24. The molecule has 108 valence electrons. The summed E-state index contributed by atoms with van der Waals surface area (Å²) in [6.07, 6.45) is 5.90. The second-order valence-electron chi connectivity index (χ2n) is 5.53. The van der Waals surface area contributed by atoms with Gasteiger partial charge in [0.25, 0.3) is 0 Å². The van der Waals surface area contributed by atoms with Crippen molar-refractivity contribution in [2.45, 2.75) is 38.1 Å². The molecule has 2 fully saturated rings. The Bertz CT molecular complexity index is 521. The maximum atomic E-state index is 11.2. The Morgan fingerprint density at radius 3 is 2.90 bits per heavy atom. The first-order valence-electron chi connectivity index (χ1n) is 7.09. The third-order valence-electron chi connectivity index (χ3n) is 4.48. The number of nitro groups is 1. The molecule has 0 bridgehead atoms. The van der Waals surface area contributed by atoms with Gasteiger partial charge in [-0.05, 0) is 31.2 Å². The van der Waals surface area contributed by atoms with Crippen LogP contribution < -0.4 is 16.2 Å². The summed E-state index contributed by atoms with van der Waals surface area (Å²) in [7, 11) is 0. The normalized spacial score (nSPS) is 25.4. The number of aromatic nitrogens is 1. The Morgan fingerprint density at radius 1 is 1.35 bits per heavy atom. The van der Waals surface area contributed by atoms with E-state index in [-0.39, 0.29) is 10.6 Å². The van der Waals surface area contributed by atoms with Crippen LogP contribution in [0.3, 0.4) is 0 Å². The van der Waals surface area contributed by atoms with Crippen molar-refractivity contribution in [2.24, 2.45) is 11.8 Å². The molecule has 2 heterocycles. The minimum Gasteiger partial charge on any atom is -0.348 e. The zero-order valence-corrected chi connectivity index (χ0v) is 11.3. The van der Waals surface area contributed by atoms with Crippen LogP contribution in [0.1, 0.15) is 32.1 Å². The largest absolute Gasteiger partial charge is 0.348 e. The number of nitrogens with one attached hydrogen (secondary N) is 1. The Kier molecular flexibility index (Phi) is 3.43. The summed E-state index contributed by atoms with van der Waals surface area (Å²) in [6.45, 7) is 0.844. The van der Waals surface area contributed by atoms with E-state index in [1.807, 2.05) is 0 Å². The third kappa shape index (κ3) is 2.18. The van der Waals surface area contributed by atoms with Crippen LogP contribution in [0.25, 0.3) is 0 Å². The lowest BCUT2D eigenvalue weighted by molar-refractivity contribution is -0.384. The molecule has 0 spiro atoms. The first kappa shape index (κ1) is 13.1. The highest BCUT2D eigenvalue weighted by Gasteiger charge is 2.39.